The minimum absolute atomic E-state index is 0.172. The van der Waals surface area contributed by atoms with E-state index in [1.54, 1.807) is 37.2 Å². The summed E-state index contributed by atoms with van der Waals surface area (Å²) in [6.07, 6.45) is 10.4. The molecule has 43 heavy (non-hydrogen) atoms. The fraction of sp³-hybridized carbons (Fsp3) is 0.455. The van der Waals surface area contributed by atoms with Crippen molar-refractivity contribution in [1.82, 2.24) is 29.8 Å². The Labute approximate surface area is 252 Å². The van der Waals surface area contributed by atoms with Crippen LogP contribution in [0.5, 0.6) is 0 Å². The van der Waals surface area contributed by atoms with Crippen molar-refractivity contribution in [3.8, 4) is 0 Å². The van der Waals surface area contributed by atoms with Gasteiger partial charge in [-0.05, 0) is 94.3 Å². The molecule has 3 amide bonds. The molecule has 1 aliphatic carbocycles. The third-order valence-electron chi connectivity index (χ3n) is 8.62. The van der Waals surface area contributed by atoms with Crippen molar-refractivity contribution in [3.63, 3.8) is 0 Å². The van der Waals surface area contributed by atoms with E-state index in [0.29, 0.717) is 43.1 Å². The number of hydrogen-bond donors (Lipinski definition) is 2. The number of carbonyl (C=O) groups is 3. The highest BCUT2D eigenvalue weighted by Gasteiger charge is 2.35. The molecule has 0 radical (unpaired) electrons. The molecule has 5 rings (SSSR count). The average Bonchev–Trinajstić information content (AvgIpc) is 3.69. The van der Waals surface area contributed by atoms with Gasteiger partial charge in [0, 0.05) is 38.1 Å². The molecule has 0 unspecified atom stereocenters. The first-order valence-corrected chi connectivity index (χ1v) is 15.3. The number of carbonyl (C=O) groups excluding carboxylic acids is 3. The molecule has 2 fully saturated rings. The van der Waals surface area contributed by atoms with Gasteiger partial charge in [0.2, 0.25) is 5.91 Å². The highest BCUT2D eigenvalue weighted by molar-refractivity contribution is 5.99. The molecule has 3 heterocycles. The van der Waals surface area contributed by atoms with Gasteiger partial charge in [0.05, 0.1) is 6.04 Å². The summed E-state index contributed by atoms with van der Waals surface area (Å²) in [4.78, 5) is 49.1. The number of amides is 3. The highest BCUT2D eigenvalue weighted by Crippen LogP contribution is 2.28. The zero-order valence-electron chi connectivity index (χ0n) is 25.0. The number of nitrogens with zero attached hydrogens (tertiary/aromatic N) is 4. The van der Waals surface area contributed by atoms with Crippen molar-refractivity contribution in [2.24, 2.45) is 0 Å². The van der Waals surface area contributed by atoms with Crippen LogP contribution in [0.15, 0.2) is 66.1 Å². The van der Waals surface area contributed by atoms with Crippen LogP contribution >= 0.6 is 0 Å². The number of aromatic nitrogens is 2. The van der Waals surface area contributed by atoms with E-state index in [-0.39, 0.29) is 29.6 Å². The molecule has 1 aromatic carbocycles. The number of halogens is 1. The quantitative estimate of drug-likeness (QED) is 0.348. The lowest BCUT2D eigenvalue weighted by Crippen LogP contribution is -2.49. The van der Waals surface area contributed by atoms with Crippen LogP contribution in [-0.2, 0) is 16.0 Å². The van der Waals surface area contributed by atoms with Crippen LogP contribution in [0.25, 0.3) is 5.65 Å². The van der Waals surface area contributed by atoms with Crippen LogP contribution in [0.3, 0.4) is 0 Å². The molecule has 2 aliphatic rings. The van der Waals surface area contributed by atoms with Gasteiger partial charge >= 0.3 is 0 Å². The second kappa shape index (κ2) is 13.9. The Morgan fingerprint density at radius 2 is 1.84 bits per heavy atom. The summed E-state index contributed by atoms with van der Waals surface area (Å²) in [5.41, 5.74) is 3.34. The maximum absolute atomic E-state index is 14.1. The lowest BCUT2D eigenvalue weighted by Gasteiger charge is -2.32. The second-order valence-corrected chi connectivity index (χ2v) is 11.6. The van der Waals surface area contributed by atoms with E-state index >= 15 is 0 Å². The number of rotatable bonds is 10. The van der Waals surface area contributed by atoms with E-state index in [1.807, 2.05) is 33.7 Å². The van der Waals surface area contributed by atoms with Gasteiger partial charge in [-0.3, -0.25) is 14.4 Å². The van der Waals surface area contributed by atoms with Gasteiger partial charge < -0.3 is 24.8 Å². The first-order valence-electron chi connectivity index (χ1n) is 15.3. The standard InChI is InChI=1S/C33H41FN6O3/c1-23(35-2)31(41)37-30(25-9-4-3-5-10-25)33(43)40-19-8-11-27(40)21-39(20-17-24-13-15-26(34)16-14-24)32(42)28-22-38-18-7-6-12-29(38)36-28/h6-7,12-16,18,22-23,27,35H,3-5,8-11,17,19-21H2,1-2H3,(H,37,41)/t23-,27-/m0/s1. The molecule has 1 saturated carbocycles. The lowest BCUT2D eigenvalue weighted by atomic mass is 9.92. The molecular formula is C33H41FN6O3. The minimum atomic E-state index is -0.439. The van der Waals surface area contributed by atoms with Crippen LogP contribution in [0.2, 0.25) is 0 Å². The molecular weight excluding hydrogens is 547 g/mol. The predicted molar refractivity (Wildman–Crippen MR) is 163 cm³/mol. The maximum atomic E-state index is 14.1. The third-order valence-corrected chi connectivity index (χ3v) is 8.62. The van der Waals surface area contributed by atoms with Crippen LogP contribution < -0.4 is 10.6 Å². The highest BCUT2D eigenvalue weighted by atomic mass is 19.1. The first kappa shape index (κ1) is 30.4. The Bertz CT molecular complexity index is 1440. The van der Waals surface area contributed by atoms with Crippen molar-refractivity contribution >= 4 is 23.4 Å². The largest absolute Gasteiger partial charge is 0.335 e. The van der Waals surface area contributed by atoms with E-state index in [1.165, 1.54) is 12.1 Å². The number of imidazole rings is 1. The van der Waals surface area contributed by atoms with E-state index < -0.39 is 6.04 Å². The topological polar surface area (TPSA) is 99.0 Å². The molecule has 0 spiro atoms. The number of likely N-dealkylation sites (N-methyl/N-ethyl adjacent to an activating group) is 1. The number of fused-ring (bicyclic) bond motifs is 1. The van der Waals surface area contributed by atoms with Crippen LogP contribution in [0, 0.1) is 5.82 Å². The van der Waals surface area contributed by atoms with Gasteiger partial charge in [0.15, 0.2) is 0 Å². The SMILES string of the molecule is CN[C@@H](C)C(=O)NC(C(=O)N1CCC[C@H]1CN(CCc1ccc(F)cc1)C(=O)c1cn2ccccc2n1)=C1CCCCC1. The zero-order valence-corrected chi connectivity index (χ0v) is 25.0. The maximum Gasteiger partial charge on any atom is 0.274 e. The van der Waals surface area contributed by atoms with Gasteiger partial charge in [-0.2, -0.15) is 0 Å². The van der Waals surface area contributed by atoms with Crippen LogP contribution in [0.4, 0.5) is 4.39 Å². The molecule has 228 valence electrons. The van der Waals surface area contributed by atoms with Gasteiger partial charge in [-0.15, -0.1) is 0 Å². The average molecular weight is 589 g/mol. The summed E-state index contributed by atoms with van der Waals surface area (Å²) < 4.78 is 15.3. The van der Waals surface area contributed by atoms with Crippen molar-refractivity contribution < 1.29 is 18.8 Å². The molecule has 1 saturated heterocycles. The number of benzene rings is 1. The van der Waals surface area contributed by atoms with Crippen LogP contribution in [-0.4, -0.2) is 75.7 Å². The smallest absolute Gasteiger partial charge is 0.274 e. The molecule has 2 N–H and O–H groups in total. The fourth-order valence-electron chi connectivity index (χ4n) is 5.97. The number of hydrogen-bond acceptors (Lipinski definition) is 5. The first-order chi connectivity index (χ1) is 20.8. The summed E-state index contributed by atoms with van der Waals surface area (Å²) in [5, 5.41) is 5.92. The van der Waals surface area contributed by atoms with Crippen LogP contribution in [0.1, 0.15) is 67.9 Å². The lowest BCUT2D eigenvalue weighted by molar-refractivity contribution is -0.131. The molecule has 2 aromatic heterocycles. The normalized spacial score (nSPS) is 17.6. The second-order valence-electron chi connectivity index (χ2n) is 11.6. The van der Waals surface area contributed by atoms with E-state index in [4.69, 9.17) is 0 Å². The monoisotopic (exact) mass is 588 g/mol. The van der Waals surface area contributed by atoms with Gasteiger partial charge in [-0.1, -0.05) is 24.6 Å². The van der Waals surface area contributed by atoms with E-state index in [0.717, 1.165) is 56.1 Å². The van der Waals surface area contributed by atoms with E-state index in [2.05, 4.69) is 15.6 Å². The summed E-state index contributed by atoms with van der Waals surface area (Å²) in [6, 6.07) is 11.3. The summed E-state index contributed by atoms with van der Waals surface area (Å²) in [7, 11) is 1.72. The number of nitrogens with one attached hydrogen (secondary N) is 2. The molecule has 2 atom stereocenters. The Balaban J connectivity index is 1.39. The van der Waals surface area contributed by atoms with Crippen molar-refractivity contribution in [2.45, 2.75) is 70.4 Å². The fourth-order valence-corrected chi connectivity index (χ4v) is 5.97. The Morgan fingerprint density at radius 1 is 1.07 bits per heavy atom. The van der Waals surface area contributed by atoms with E-state index in [9.17, 15) is 18.8 Å². The number of pyridine rings is 1. The Kier molecular flexibility index (Phi) is 9.86. The van der Waals surface area contributed by atoms with Gasteiger partial charge in [0.1, 0.15) is 22.9 Å². The zero-order chi connectivity index (χ0) is 30.3. The number of likely N-dealkylation sites (tertiary alicyclic amines) is 1. The van der Waals surface area contributed by atoms with Crippen molar-refractivity contribution in [3.05, 3.63) is 83.2 Å². The molecule has 1 aliphatic heterocycles. The summed E-state index contributed by atoms with van der Waals surface area (Å²) >= 11 is 0. The van der Waals surface area contributed by atoms with Crippen molar-refractivity contribution in [2.75, 3.05) is 26.7 Å². The van der Waals surface area contributed by atoms with Gasteiger partial charge in [0.25, 0.3) is 11.8 Å². The molecule has 10 heteroatoms. The molecule has 9 nitrogen and oxygen atoms in total. The number of allylic oxidation sites excluding steroid dienone is 1. The third kappa shape index (κ3) is 7.30. The molecule has 0 bridgehead atoms. The molecule has 3 aromatic rings. The minimum Gasteiger partial charge on any atom is -0.335 e. The van der Waals surface area contributed by atoms with Gasteiger partial charge in [-0.25, -0.2) is 9.37 Å². The Morgan fingerprint density at radius 3 is 2.56 bits per heavy atom. The summed E-state index contributed by atoms with van der Waals surface area (Å²) in [5.74, 6) is -0.926. The Hall–Kier alpha value is -4.05. The predicted octanol–water partition coefficient (Wildman–Crippen LogP) is 4.09. The summed E-state index contributed by atoms with van der Waals surface area (Å²) in [6.45, 7) is 3.06. The van der Waals surface area contributed by atoms with Crippen molar-refractivity contribution in [1.29, 1.82) is 0 Å².